The number of aromatic amines is 1. The highest BCUT2D eigenvalue weighted by Crippen LogP contribution is 2.41. The Hall–Kier alpha value is -1.82. The van der Waals surface area contributed by atoms with Gasteiger partial charge in [0.1, 0.15) is 6.35 Å². The number of nitrogens with one attached hydrogen (secondary N) is 1. The lowest BCUT2D eigenvalue weighted by Crippen LogP contribution is -2.26. The van der Waals surface area contributed by atoms with Gasteiger partial charge in [0.2, 0.25) is 5.95 Å². The number of hydrogen-bond donors (Lipinski definition) is 3. The Bertz CT molecular complexity index is 823. The van der Waals surface area contributed by atoms with Gasteiger partial charge in [0.25, 0.3) is 5.56 Å². The van der Waals surface area contributed by atoms with E-state index in [2.05, 4.69) is 15.0 Å². The Labute approximate surface area is 148 Å². The summed E-state index contributed by atoms with van der Waals surface area (Å²) < 4.78 is 33.6. The van der Waals surface area contributed by atoms with Crippen LogP contribution in [0.3, 0.4) is 0 Å². The molecule has 0 spiro atoms. The number of fused-ring (bicyclic) bond motifs is 1. The van der Waals surface area contributed by atoms with E-state index in [9.17, 15) is 14.3 Å². The van der Waals surface area contributed by atoms with Crippen LogP contribution in [0.1, 0.15) is 0 Å². The highest BCUT2D eigenvalue weighted by molar-refractivity contribution is 7.52. The fraction of sp³-hybridized carbons (Fsp3) is 0.615. The van der Waals surface area contributed by atoms with Crippen LogP contribution < -0.4 is 11.3 Å². The molecular weight excluding hydrogens is 369 g/mol. The monoisotopic (exact) mass is 391 g/mol. The number of nitrogens with two attached hydrogens (primary N) is 1. The third kappa shape index (κ3) is 5.59. The number of ether oxygens (including phenoxy) is 3. The normalized spacial score (nSPS) is 15.2. The molecule has 0 bridgehead atoms. The van der Waals surface area contributed by atoms with Crippen LogP contribution in [0.5, 0.6) is 0 Å². The molecule has 0 saturated heterocycles. The number of nitrogens with zero attached hydrogens (tertiary/aromatic N) is 3. The smallest absolute Gasteiger partial charge is 0.353 e. The number of methoxy groups -OCH3 is 2. The van der Waals surface area contributed by atoms with Crippen LogP contribution in [0.4, 0.5) is 5.95 Å². The van der Waals surface area contributed by atoms with Gasteiger partial charge in [-0.3, -0.25) is 14.3 Å². The molecule has 0 aliphatic carbocycles. The number of anilines is 1. The summed E-state index contributed by atoms with van der Waals surface area (Å²) in [7, 11) is -1.00. The minimum absolute atomic E-state index is 0.0271. The Morgan fingerprint density at radius 2 is 2.15 bits per heavy atom. The SMILES string of the molecule is COCCOP(=O)(O)CO[C@@H](COC)Cn1cnc2c(=O)[nH]c(N)nc21. The van der Waals surface area contributed by atoms with Crippen LogP contribution in [0.15, 0.2) is 11.1 Å². The van der Waals surface area contributed by atoms with Crippen molar-refractivity contribution >= 4 is 24.7 Å². The third-order valence-electron chi connectivity index (χ3n) is 3.30. The summed E-state index contributed by atoms with van der Waals surface area (Å²) in [5, 5.41) is 0. The van der Waals surface area contributed by atoms with Crippen LogP contribution in [0.2, 0.25) is 0 Å². The number of H-pyrrole nitrogens is 1. The van der Waals surface area contributed by atoms with Gasteiger partial charge in [0, 0.05) is 14.2 Å². The van der Waals surface area contributed by atoms with Crippen LogP contribution in [0.25, 0.3) is 11.2 Å². The minimum Gasteiger partial charge on any atom is -0.382 e. The third-order valence-corrected chi connectivity index (χ3v) is 4.36. The van der Waals surface area contributed by atoms with E-state index >= 15 is 0 Å². The Morgan fingerprint density at radius 1 is 1.38 bits per heavy atom. The van der Waals surface area contributed by atoms with Crippen molar-refractivity contribution in [2.45, 2.75) is 12.6 Å². The number of hydrogen-bond acceptors (Lipinski definition) is 9. The predicted molar refractivity (Wildman–Crippen MR) is 91.8 cm³/mol. The van der Waals surface area contributed by atoms with Crippen molar-refractivity contribution in [2.75, 3.05) is 46.1 Å². The number of aromatic nitrogens is 4. The number of imidazole rings is 1. The van der Waals surface area contributed by atoms with Crippen molar-refractivity contribution in [3.05, 3.63) is 16.7 Å². The fourth-order valence-corrected chi connectivity index (χ4v) is 3.00. The van der Waals surface area contributed by atoms with Crippen molar-refractivity contribution < 1.29 is 28.2 Å². The van der Waals surface area contributed by atoms with Gasteiger partial charge in [-0.2, -0.15) is 4.98 Å². The maximum atomic E-state index is 11.9. The zero-order valence-electron chi connectivity index (χ0n) is 14.5. The molecule has 0 radical (unpaired) electrons. The van der Waals surface area contributed by atoms with Crippen molar-refractivity contribution in [3.8, 4) is 0 Å². The summed E-state index contributed by atoms with van der Waals surface area (Å²) in [6, 6.07) is 0. The second-order valence-corrected chi connectivity index (χ2v) is 7.15. The molecule has 0 aromatic carbocycles. The summed E-state index contributed by atoms with van der Waals surface area (Å²) in [5.41, 5.74) is 5.51. The largest absolute Gasteiger partial charge is 0.382 e. The summed E-state index contributed by atoms with van der Waals surface area (Å²) in [6.07, 6.45) is 0.283. The van der Waals surface area contributed by atoms with Crippen molar-refractivity contribution in [1.29, 1.82) is 0 Å². The molecule has 2 heterocycles. The maximum absolute atomic E-state index is 11.9. The molecule has 0 saturated carbocycles. The molecule has 0 fully saturated rings. The lowest BCUT2D eigenvalue weighted by atomic mass is 10.3. The van der Waals surface area contributed by atoms with Crippen LogP contribution in [-0.4, -0.2) is 70.9 Å². The molecule has 2 aromatic rings. The molecule has 0 aliphatic heterocycles. The Morgan fingerprint density at radius 3 is 2.85 bits per heavy atom. The second kappa shape index (κ2) is 9.21. The zero-order chi connectivity index (χ0) is 19.2. The van der Waals surface area contributed by atoms with Gasteiger partial charge in [-0.05, 0) is 0 Å². The van der Waals surface area contributed by atoms with Gasteiger partial charge in [-0.15, -0.1) is 0 Å². The quantitative estimate of drug-likeness (QED) is 0.337. The van der Waals surface area contributed by atoms with Crippen molar-refractivity contribution in [1.82, 2.24) is 19.5 Å². The van der Waals surface area contributed by atoms with Crippen molar-refractivity contribution in [2.24, 2.45) is 0 Å². The fourth-order valence-electron chi connectivity index (χ4n) is 2.16. The number of rotatable bonds is 11. The molecule has 2 atom stereocenters. The second-order valence-electron chi connectivity index (χ2n) is 5.36. The Balaban J connectivity index is 2.06. The maximum Gasteiger partial charge on any atom is 0.353 e. The van der Waals surface area contributed by atoms with Crippen LogP contribution in [-0.2, 0) is 29.8 Å². The van der Waals surface area contributed by atoms with Gasteiger partial charge in [-0.25, -0.2) is 4.98 Å². The standard InChI is InChI=1S/C13H22N5O7P/c1-22-3-4-25-26(20,21)8-24-9(6-23-2)5-18-7-15-10-11(18)16-13(14)17-12(10)19/h7,9H,3-6,8H2,1-2H3,(H,20,21)(H3,14,16,17,19)/t9-/m1/s1. The molecule has 4 N–H and O–H groups in total. The first-order chi connectivity index (χ1) is 12.4. The summed E-state index contributed by atoms with van der Waals surface area (Å²) in [4.78, 5) is 32.0. The molecular formula is C13H22N5O7P. The highest BCUT2D eigenvalue weighted by atomic mass is 31.2. The van der Waals surface area contributed by atoms with Gasteiger partial charge < -0.3 is 33.9 Å². The first-order valence-corrected chi connectivity index (χ1v) is 9.39. The van der Waals surface area contributed by atoms with Crippen LogP contribution >= 0.6 is 7.60 Å². The topological polar surface area (TPSA) is 164 Å². The molecule has 0 aliphatic rings. The van der Waals surface area contributed by atoms with E-state index in [4.69, 9.17) is 24.5 Å². The van der Waals surface area contributed by atoms with Gasteiger partial charge in [-0.1, -0.05) is 0 Å². The van der Waals surface area contributed by atoms with E-state index in [1.165, 1.54) is 20.5 Å². The molecule has 0 amide bonds. The van der Waals surface area contributed by atoms with Gasteiger partial charge in [0.05, 0.1) is 38.8 Å². The average Bonchev–Trinajstić information content (AvgIpc) is 2.96. The molecule has 146 valence electrons. The van der Waals surface area contributed by atoms with Crippen LogP contribution in [0, 0.1) is 0 Å². The summed E-state index contributed by atoms with van der Waals surface area (Å²) in [5.74, 6) is -0.0418. The highest BCUT2D eigenvalue weighted by Gasteiger charge is 2.23. The molecule has 2 rings (SSSR count). The van der Waals surface area contributed by atoms with E-state index in [1.54, 1.807) is 4.57 Å². The molecule has 1 unspecified atom stereocenters. The molecule has 2 aromatic heterocycles. The molecule has 13 heteroatoms. The number of nitrogen functional groups attached to an aromatic ring is 1. The lowest BCUT2D eigenvalue weighted by molar-refractivity contribution is 0.00172. The first-order valence-electron chi connectivity index (χ1n) is 7.62. The predicted octanol–water partition coefficient (Wildman–Crippen LogP) is -0.461. The average molecular weight is 391 g/mol. The van der Waals surface area contributed by atoms with Gasteiger partial charge in [0.15, 0.2) is 11.2 Å². The lowest BCUT2D eigenvalue weighted by Gasteiger charge is -2.20. The van der Waals surface area contributed by atoms with E-state index in [-0.39, 0.29) is 43.5 Å². The minimum atomic E-state index is -3.93. The van der Waals surface area contributed by atoms with E-state index < -0.39 is 25.6 Å². The first kappa shape index (κ1) is 20.5. The summed E-state index contributed by atoms with van der Waals surface area (Å²) >= 11 is 0. The van der Waals surface area contributed by atoms with Gasteiger partial charge >= 0.3 is 7.60 Å². The Kier molecular flexibility index (Phi) is 7.26. The zero-order valence-corrected chi connectivity index (χ0v) is 15.3. The van der Waals surface area contributed by atoms with E-state index in [0.29, 0.717) is 0 Å². The summed E-state index contributed by atoms with van der Waals surface area (Å²) in [6.45, 7) is 0.476. The molecule has 26 heavy (non-hydrogen) atoms. The molecule has 12 nitrogen and oxygen atoms in total. The van der Waals surface area contributed by atoms with E-state index in [0.717, 1.165) is 0 Å². The van der Waals surface area contributed by atoms with Crippen molar-refractivity contribution in [3.63, 3.8) is 0 Å². The van der Waals surface area contributed by atoms with E-state index in [1.807, 2.05) is 0 Å².